The smallest absolute Gasteiger partial charge is 0.303 e. The Kier molecular flexibility index (Phi) is 17.4. The normalized spacial score (nSPS) is 20.1. The van der Waals surface area contributed by atoms with E-state index in [1.54, 1.807) is 6.92 Å². The average Bonchev–Trinajstić information content (AvgIpc) is 2.96. The lowest BCUT2D eigenvalue weighted by molar-refractivity contribution is -0.137. The molecule has 0 amide bonds. The third-order valence-electron chi connectivity index (χ3n) is 7.98. The van der Waals surface area contributed by atoms with E-state index in [4.69, 9.17) is 5.11 Å². The number of aliphatic hydroxyl groups excluding tert-OH is 4. The zero-order valence-corrected chi connectivity index (χ0v) is 25.6. The van der Waals surface area contributed by atoms with Crippen molar-refractivity contribution in [1.29, 1.82) is 0 Å². The zero-order valence-electron chi connectivity index (χ0n) is 25.6. The fourth-order valence-corrected chi connectivity index (χ4v) is 5.44. The van der Waals surface area contributed by atoms with E-state index < -0.39 is 24.3 Å². The van der Waals surface area contributed by atoms with Crippen molar-refractivity contribution >= 4 is 5.97 Å². The van der Waals surface area contributed by atoms with Crippen LogP contribution >= 0.6 is 0 Å². The van der Waals surface area contributed by atoms with Gasteiger partial charge in [-0.2, -0.15) is 0 Å². The van der Waals surface area contributed by atoms with E-state index >= 15 is 0 Å². The summed E-state index contributed by atoms with van der Waals surface area (Å²) in [5, 5.41) is 54.5. The highest BCUT2D eigenvalue weighted by Crippen LogP contribution is 2.27. The fourth-order valence-electron chi connectivity index (χ4n) is 5.44. The van der Waals surface area contributed by atoms with Crippen molar-refractivity contribution < 1.29 is 30.3 Å². The third-order valence-corrected chi connectivity index (χ3v) is 7.98. The number of benzene rings is 1. The summed E-state index contributed by atoms with van der Waals surface area (Å²) in [6, 6.07) is 7.57. The van der Waals surface area contributed by atoms with Crippen molar-refractivity contribution in [2.45, 2.75) is 134 Å². The van der Waals surface area contributed by atoms with Crippen LogP contribution in [0.5, 0.6) is 0 Å². The van der Waals surface area contributed by atoms with E-state index in [9.17, 15) is 25.2 Å². The molecule has 0 radical (unpaired) electrons. The van der Waals surface area contributed by atoms with Crippen LogP contribution < -0.4 is 5.32 Å². The van der Waals surface area contributed by atoms with Gasteiger partial charge in [0.05, 0.1) is 24.9 Å². The van der Waals surface area contributed by atoms with Gasteiger partial charge >= 0.3 is 5.97 Å². The summed E-state index contributed by atoms with van der Waals surface area (Å²) in [6.45, 7) is 3.52. The van der Waals surface area contributed by atoms with Crippen molar-refractivity contribution in [2.75, 3.05) is 6.61 Å². The zero-order chi connectivity index (χ0) is 30.7. The van der Waals surface area contributed by atoms with Crippen LogP contribution in [0.15, 0.2) is 47.6 Å². The molecule has 0 bridgehead atoms. The van der Waals surface area contributed by atoms with E-state index in [2.05, 4.69) is 30.1 Å². The standard InChI is InChI=1S/C35H53NO6/c1-3-4-7-16-30(39)23-22-29-21-20-28-14-11-10-13-27(28)15-12-18-33(26(2)38)36-34(32(29)24-31(40)25-37)17-8-5-6-9-19-35(41)42/h10-11,13-14,22-23,26,30-31,33-34,36-40H,3-9,16-21,24-25H2,1-2H3,(H,41,42). The van der Waals surface area contributed by atoms with E-state index in [0.717, 1.165) is 73.6 Å². The number of hydrogen-bond acceptors (Lipinski definition) is 6. The molecule has 1 aromatic carbocycles. The Morgan fingerprint density at radius 2 is 1.83 bits per heavy atom. The lowest BCUT2D eigenvalue weighted by Gasteiger charge is -2.31. The minimum atomic E-state index is -0.942. The Balaban J connectivity index is 2.52. The summed E-state index contributed by atoms with van der Waals surface area (Å²) in [5.41, 5.74) is 4.06. The van der Waals surface area contributed by atoms with Gasteiger partial charge in [0.1, 0.15) is 0 Å². The predicted octanol–water partition coefficient (Wildman–Crippen LogP) is 5.04. The molecular weight excluding hydrogens is 530 g/mol. The van der Waals surface area contributed by atoms with Gasteiger partial charge in [0.25, 0.3) is 0 Å². The van der Waals surface area contributed by atoms with Crippen LogP contribution in [0.1, 0.15) is 108 Å². The minimum Gasteiger partial charge on any atom is -0.481 e. The molecule has 7 nitrogen and oxygen atoms in total. The van der Waals surface area contributed by atoms with Gasteiger partial charge in [0.2, 0.25) is 0 Å². The summed E-state index contributed by atoms with van der Waals surface area (Å²) in [6.07, 6.45) is 11.6. The van der Waals surface area contributed by atoms with Gasteiger partial charge in [-0.25, -0.2) is 0 Å². The van der Waals surface area contributed by atoms with Crippen molar-refractivity contribution in [2.24, 2.45) is 0 Å². The van der Waals surface area contributed by atoms with E-state index in [0.29, 0.717) is 25.7 Å². The maximum atomic E-state index is 10.9. The molecule has 5 atom stereocenters. The lowest BCUT2D eigenvalue weighted by atomic mass is 9.86. The Morgan fingerprint density at radius 1 is 1.07 bits per heavy atom. The molecular formula is C35H53NO6. The second-order valence-corrected chi connectivity index (χ2v) is 11.6. The molecule has 0 fully saturated rings. The highest BCUT2D eigenvalue weighted by molar-refractivity contribution is 5.66. The van der Waals surface area contributed by atoms with Gasteiger partial charge in [0.15, 0.2) is 0 Å². The number of aliphatic carboxylic acids is 1. The van der Waals surface area contributed by atoms with E-state index in [-0.39, 0.29) is 31.5 Å². The fraction of sp³-hybridized carbons (Fsp3) is 0.629. The number of carboxylic acid groups (broad SMARTS) is 1. The number of nitrogens with one attached hydrogen (secondary N) is 1. The number of rotatable bonds is 17. The lowest BCUT2D eigenvalue weighted by Crippen LogP contribution is -2.46. The number of carboxylic acids is 1. The number of unbranched alkanes of at least 4 members (excludes halogenated alkanes) is 5. The van der Waals surface area contributed by atoms with Gasteiger partial charge in [-0.3, -0.25) is 4.79 Å². The van der Waals surface area contributed by atoms with Crippen LogP contribution in [0, 0.1) is 11.8 Å². The summed E-state index contributed by atoms with van der Waals surface area (Å²) < 4.78 is 0. The second kappa shape index (κ2) is 20.4. The van der Waals surface area contributed by atoms with Crippen molar-refractivity contribution in [3.63, 3.8) is 0 Å². The number of fused-ring (bicyclic) bond motifs is 1. The molecule has 0 saturated carbocycles. The van der Waals surface area contributed by atoms with Gasteiger partial charge in [-0.05, 0) is 68.2 Å². The van der Waals surface area contributed by atoms with Gasteiger partial charge in [0, 0.05) is 30.5 Å². The van der Waals surface area contributed by atoms with Crippen LogP contribution in [-0.4, -0.2) is 68.5 Å². The highest BCUT2D eigenvalue weighted by atomic mass is 16.4. The minimum absolute atomic E-state index is 0.162. The summed E-state index contributed by atoms with van der Waals surface area (Å²) in [7, 11) is 0. The van der Waals surface area contributed by atoms with Crippen LogP contribution in [0.4, 0.5) is 0 Å². The topological polar surface area (TPSA) is 130 Å². The second-order valence-electron chi connectivity index (χ2n) is 11.6. The Labute approximate surface area is 252 Å². The molecule has 42 heavy (non-hydrogen) atoms. The Bertz CT molecular complexity index is 1050. The molecule has 1 aliphatic rings. The molecule has 0 saturated heterocycles. The maximum absolute atomic E-state index is 10.9. The first-order chi connectivity index (χ1) is 20.2. The first-order valence-corrected chi connectivity index (χ1v) is 15.8. The largest absolute Gasteiger partial charge is 0.481 e. The SMILES string of the molecule is CCCCCC(O)C=CC1=C(CC(O)CO)C(CCCCCCC(=O)O)NC(C(C)O)CC#Cc2ccccc2CC1. The van der Waals surface area contributed by atoms with E-state index in [1.807, 2.05) is 30.4 Å². The third kappa shape index (κ3) is 13.7. The number of hydrogen-bond donors (Lipinski definition) is 6. The predicted molar refractivity (Wildman–Crippen MR) is 168 cm³/mol. The van der Waals surface area contributed by atoms with Crippen LogP contribution in [0.25, 0.3) is 0 Å². The molecule has 1 aliphatic heterocycles. The molecule has 7 heteroatoms. The molecule has 6 N–H and O–H groups in total. The molecule has 0 aromatic heterocycles. The highest BCUT2D eigenvalue weighted by Gasteiger charge is 2.25. The van der Waals surface area contributed by atoms with Gasteiger partial charge in [-0.15, -0.1) is 0 Å². The quantitative estimate of drug-likeness (QED) is 0.112. The van der Waals surface area contributed by atoms with Gasteiger partial charge in [-0.1, -0.05) is 87.6 Å². The molecule has 234 valence electrons. The molecule has 5 unspecified atom stereocenters. The first kappa shape index (κ1) is 35.7. The number of aryl methyl sites for hydroxylation is 1. The number of aliphatic hydroxyl groups is 4. The molecule has 1 heterocycles. The molecule has 2 rings (SSSR count). The Morgan fingerprint density at radius 3 is 2.55 bits per heavy atom. The summed E-state index contributed by atoms with van der Waals surface area (Å²) >= 11 is 0. The van der Waals surface area contributed by atoms with Gasteiger partial charge < -0.3 is 30.8 Å². The first-order valence-electron chi connectivity index (χ1n) is 15.8. The van der Waals surface area contributed by atoms with Crippen LogP contribution in [0.3, 0.4) is 0 Å². The maximum Gasteiger partial charge on any atom is 0.303 e. The molecule has 0 spiro atoms. The van der Waals surface area contributed by atoms with Crippen molar-refractivity contribution in [3.8, 4) is 11.8 Å². The molecule has 1 aromatic rings. The number of allylic oxidation sites excluding steroid dienone is 2. The van der Waals surface area contributed by atoms with Crippen molar-refractivity contribution in [1.82, 2.24) is 5.32 Å². The summed E-state index contributed by atoms with van der Waals surface area (Å²) in [5.74, 6) is 5.79. The van der Waals surface area contributed by atoms with Crippen molar-refractivity contribution in [3.05, 3.63) is 58.7 Å². The Hall–Kier alpha value is -2.47. The summed E-state index contributed by atoms with van der Waals surface area (Å²) in [4.78, 5) is 10.9. The van der Waals surface area contributed by atoms with Crippen LogP contribution in [-0.2, 0) is 11.2 Å². The van der Waals surface area contributed by atoms with Crippen LogP contribution in [0.2, 0.25) is 0 Å². The molecule has 0 aliphatic carbocycles. The number of carbonyl (C=O) groups is 1. The average molecular weight is 584 g/mol. The van der Waals surface area contributed by atoms with E-state index in [1.165, 1.54) is 0 Å². The monoisotopic (exact) mass is 583 g/mol.